The van der Waals surface area contributed by atoms with E-state index in [2.05, 4.69) is 173 Å². The van der Waals surface area contributed by atoms with Gasteiger partial charge in [0.2, 0.25) is 5.95 Å². The average Bonchev–Trinajstić information content (AvgIpc) is 3.78. The van der Waals surface area contributed by atoms with Crippen molar-refractivity contribution < 1.29 is 0 Å². The lowest BCUT2D eigenvalue weighted by molar-refractivity contribution is 0.749. The van der Waals surface area contributed by atoms with Crippen LogP contribution >= 0.6 is 0 Å². The van der Waals surface area contributed by atoms with E-state index in [1.54, 1.807) is 0 Å². The first-order chi connectivity index (χ1) is 28.3. The molecule has 5 nitrogen and oxygen atoms in total. The van der Waals surface area contributed by atoms with Crippen molar-refractivity contribution in [2.45, 2.75) is 5.41 Å². The van der Waals surface area contributed by atoms with E-state index in [0.717, 1.165) is 28.2 Å². The lowest BCUT2D eigenvalue weighted by atomic mass is 9.64. The molecule has 266 valence electrons. The fourth-order valence-corrected chi connectivity index (χ4v) is 9.62. The zero-order chi connectivity index (χ0) is 37.5. The molecule has 2 aromatic heterocycles. The van der Waals surface area contributed by atoms with Crippen LogP contribution in [0.15, 0.2) is 200 Å². The molecule has 0 amide bonds. The minimum atomic E-state index is -0.614. The van der Waals surface area contributed by atoms with Crippen LogP contribution in [-0.2, 0) is 5.41 Å². The highest BCUT2D eigenvalue weighted by Gasteiger charge is 2.52. The predicted molar refractivity (Wildman–Crippen MR) is 231 cm³/mol. The van der Waals surface area contributed by atoms with Crippen molar-refractivity contribution in [3.8, 4) is 39.6 Å². The molecule has 1 aliphatic heterocycles. The second-order valence-corrected chi connectivity index (χ2v) is 14.8. The van der Waals surface area contributed by atoms with Gasteiger partial charge in [-0.3, -0.25) is 4.90 Å². The van der Waals surface area contributed by atoms with Gasteiger partial charge in [-0.1, -0.05) is 164 Å². The maximum Gasteiger partial charge on any atom is 0.238 e. The summed E-state index contributed by atoms with van der Waals surface area (Å²) in [6.45, 7) is 0. The first-order valence-corrected chi connectivity index (χ1v) is 19.4. The standard InChI is InChI=1S/C52H33N5/c1-4-18-34(19-5-1)49-53-50(35-20-6-2-7-21-35)55-51(54-49)57-44-30-16-13-27-40(44)52(41-28-14-17-31-45(41)57)39-26-12-10-24-37(39)47-42(52)32-33-46-48(47)38-25-11-15-29-43(38)56(46)36-22-8-3-9-23-36/h1-33H. The topological polar surface area (TPSA) is 46.8 Å². The van der Waals surface area contributed by atoms with Crippen molar-refractivity contribution >= 4 is 39.1 Å². The molecular formula is C52H33N5. The SMILES string of the molecule is c1ccc(-c2nc(-c3ccccc3)nc(N3c4ccccc4C4(c5ccccc5-c5c4ccc4c5c5ccccc5n4-c4ccccc4)c4ccccc43)n2)cc1. The van der Waals surface area contributed by atoms with Gasteiger partial charge in [0.15, 0.2) is 11.6 Å². The van der Waals surface area contributed by atoms with Crippen LogP contribution in [0.25, 0.3) is 61.4 Å². The number of benzene rings is 8. The van der Waals surface area contributed by atoms with Gasteiger partial charge in [-0.15, -0.1) is 0 Å². The number of hydrogen-bond donors (Lipinski definition) is 0. The summed E-state index contributed by atoms with van der Waals surface area (Å²) in [6, 6.07) is 71.4. The van der Waals surface area contributed by atoms with E-state index in [-0.39, 0.29) is 0 Å². The molecule has 1 spiro atoms. The lowest BCUT2D eigenvalue weighted by Crippen LogP contribution is -2.36. The lowest BCUT2D eigenvalue weighted by Gasteiger charge is -2.44. The Morgan fingerprint density at radius 3 is 1.56 bits per heavy atom. The van der Waals surface area contributed by atoms with E-state index in [1.165, 1.54) is 55.2 Å². The highest BCUT2D eigenvalue weighted by atomic mass is 15.3. The summed E-state index contributed by atoms with van der Waals surface area (Å²) in [7, 11) is 0. The fraction of sp³-hybridized carbons (Fsp3) is 0.0192. The fourth-order valence-electron chi connectivity index (χ4n) is 9.62. The van der Waals surface area contributed by atoms with Gasteiger partial charge in [0.05, 0.1) is 27.8 Å². The highest BCUT2D eigenvalue weighted by Crippen LogP contribution is 2.64. The third kappa shape index (κ3) is 4.42. The summed E-state index contributed by atoms with van der Waals surface area (Å²) in [5, 5.41) is 2.51. The summed E-state index contributed by atoms with van der Waals surface area (Å²) >= 11 is 0. The summed E-state index contributed by atoms with van der Waals surface area (Å²) in [6.07, 6.45) is 0. The highest BCUT2D eigenvalue weighted by molar-refractivity contribution is 6.18. The minimum absolute atomic E-state index is 0.574. The van der Waals surface area contributed by atoms with Crippen molar-refractivity contribution in [1.29, 1.82) is 0 Å². The largest absolute Gasteiger partial charge is 0.309 e. The van der Waals surface area contributed by atoms with Gasteiger partial charge in [0.25, 0.3) is 0 Å². The second kappa shape index (κ2) is 12.2. The van der Waals surface area contributed by atoms with Crippen LogP contribution in [-0.4, -0.2) is 19.5 Å². The average molecular weight is 728 g/mol. The van der Waals surface area contributed by atoms with Gasteiger partial charge in [-0.05, 0) is 69.8 Å². The van der Waals surface area contributed by atoms with Crippen LogP contribution < -0.4 is 4.90 Å². The molecule has 0 saturated carbocycles. The first-order valence-electron chi connectivity index (χ1n) is 19.4. The Morgan fingerprint density at radius 1 is 0.386 bits per heavy atom. The summed E-state index contributed by atoms with van der Waals surface area (Å²) in [5.74, 6) is 1.83. The van der Waals surface area contributed by atoms with Gasteiger partial charge < -0.3 is 4.57 Å². The monoisotopic (exact) mass is 727 g/mol. The van der Waals surface area contributed by atoms with Crippen LogP contribution in [0.1, 0.15) is 22.3 Å². The van der Waals surface area contributed by atoms with Gasteiger partial charge >= 0.3 is 0 Å². The normalized spacial score (nSPS) is 13.4. The Labute approximate surface area is 329 Å². The van der Waals surface area contributed by atoms with Gasteiger partial charge in [0, 0.05) is 27.6 Å². The van der Waals surface area contributed by atoms with Crippen LogP contribution in [0.3, 0.4) is 0 Å². The number of hydrogen-bond acceptors (Lipinski definition) is 4. The number of para-hydroxylation sites is 4. The van der Waals surface area contributed by atoms with Gasteiger partial charge in [0.1, 0.15) is 0 Å². The third-order valence-corrected chi connectivity index (χ3v) is 11.8. The molecule has 5 heteroatoms. The molecule has 3 heterocycles. The Bertz CT molecular complexity index is 3080. The zero-order valence-electron chi connectivity index (χ0n) is 30.8. The molecule has 0 N–H and O–H groups in total. The third-order valence-electron chi connectivity index (χ3n) is 11.8. The molecular weight excluding hydrogens is 695 g/mol. The van der Waals surface area contributed by atoms with Gasteiger partial charge in [-0.2, -0.15) is 9.97 Å². The Morgan fingerprint density at radius 2 is 0.912 bits per heavy atom. The molecule has 0 unspecified atom stereocenters. The maximum atomic E-state index is 5.26. The smallest absolute Gasteiger partial charge is 0.238 e. The Kier molecular flexibility index (Phi) is 6.78. The minimum Gasteiger partial charge on any atom is -0.309 e. The number of aromatic nitrogens is 4. The van der Waals surface area contributed by atoms with Crippen molar-refractivity contribution in [1.82, 2.24) is 19.5 Å². The van der Waals surface area contributed by atoms with E-state index in [0.29, 0.717) is 17.6 Å². The van der Waals surface area contributed by atoms with E-state index in [1.807, 2.05) is 36.4 Å². The Hall–Kier alpha value is -7.63. The molecule has 0 atom stereocenters. The van der Waals surface area contributed by atoms with Crippen LogP contribution in [0.2, 0.25) is 0 Å². The molecule has 1 aliphatic carbocycles. The molecule has 12 rings (SSSR count). The van der Waals surface area contributed by atoms with E-state index in [4.69, 9.17) is 15.0 Å². The van der Waals surface area contributed by atoms with E-state index < -0.39 is 5.41 Å². The van der Waals surface area contributed by atoms with Crippen LogP contribution in [0, 0.1) is 0 Å². The second-order valence-electron chi connectivity index (χ2n) is 14.8. The van der Waals surface area contributed by atoms with Crippen molar-refractivity contribution in [2.24, 2.45) is 0 Å². The number of nitrogens with zero attached hydrogens (tertiary/aromatic N) is 5. The van der Waals surface area contributed by atoms with E-state index >= 15 is 0 Å². The Balaban J connectivity index is 1.17. The van der Waals surface area contributed by atoms with Crippen molar-refractivity contribution in [2.75, 3.05) is 4.90 Å². The molecule has 0 saturated heterocycles. The van der Waals surface area contributed by atoms with Gasteiger partial charge in [-0.25, -0.2) is 4.98 Å². The summed E-state index contributed by atoms with van der Waals surface area (Å²) in [5.41, 5.74) is 14.3. The zero-order valence-corrected chi connectivity index (χ0v) is 30.8. The van der Waals surface area contributed by atoms with E-state index in [9.17, 15) is 0 Å². The van der Waals surface area contributed by atoms with Crippen molar-refractivity contribution in [3.63, 3.8) is 0 Å². The molecule has 2 aliphatic rings. The first kappa shape index (κ1) is 31.7. The number of fused-ring (bicyclic) bond motifs is 13. The maximum absolute atomic E-state index is 5.26. The molecule has 10 aromatic rings. The number of rotatable bonds is 4. The molecule has 0 bridgehead atoms. The molecule has 0 radical (unpaired) electrons. The van der Waals surface area contributed by atoms with Crippen LogP contribution in [0.4, 0.5) is 17.3 Å². The summed E-state index contributed by atoms with van der Waals surface area (Å²) < 4.78 is 2.42. The van der Waals surface area contributed by atoms with Crippen LogP contribution in [0.5, 0.6) is 0 Å². The molecule has 57 heavy (non-hydrogen) atoms. The number of anilines is 3. The molecule has 0 fully saturated rings. The quantitative estimate of drug-likeness (QED) is 0.181. The van der Waals surface area contributed by atoms with Crippen molar-refractivity contribution in [3.05, 3.63) is 222 Å². The molecule has 8 aromatic carbocycles. The summed E-state index contributed by atoms with van der Waals surface area (Å²) in [4.78, 5) is 17.8. The predicted octanol–water partition coefficient (Wildman–Crippen LogP) is 12.4.